The molecular formula is C14H26N2O2S. The molecule has 0 aromatic heterocycles. The van der Waals surface area contributed by atoms with E-state index in [2.05, 4.69) is 25.2 Å². The number of sulfonamides is 1. The van der Waals surface area contributed by atoms with Crippen molar-refractivity contribution in [3.05, 3.63) is 11.6 Å². The van der Waals surface area contributed by atoms with E-state index in [9.17, 15) is 8.42 Å². The van der Waals surface area contributed by atoms with Crippen LogP contribution in [0, 0.1) is 11.8 Å². The average Bonchev–Trinajstić information content (AvgIpc) is 2.67. The fourth-order valence-corrected chi connectivity index (χ4v) is 4.67. The minimum Gasteiger partial charge on any atom is -0.315 e. The van der Waals surface area contributed by atoms with Gasteiger partial charge in [-0.25, -0.2) is 12.7 Å². The third-order valence-corrected chi connectivity index (χ3v) is 6.42. The lowest BCUT2D eigenvalue weighted by Gasteiger charge is -2.29. The molecule has 1 fully saturated rings. The summed E-state index contributed by atoms with van der Waals surface area (Å²) in [5, 5.41) is 3.43. The van der Waals surface area contributed by atoms with Gasteiger partial charge in [-0.3, -0.25) is 0 Å². The van der Waals surface area contributed by atoms with Crippen molar-refractivity contribution in [2.45, 2.75) is 33.1 Å². The van der Waals surface area contributed by atoms with E-state index >= 15 is 0 Å². The second kappa shape index (κ2) is 6.37. The zero-order valence-corrected chi connectivity index (χ0v) is 12.9. The Morgan fingerprint density at radius 3 is 2.89 bits per heavy atom. The highest BCUT2D eigenvalue weighted by atomic mass is 32.2. The zero-order valence-electron chi connectivity index (χ0n) is 12.1. The summed E-state index contributed by atoms with van der Waals surface area (Å²) in [7, 11) is -2.93. The Kier molecular flexibility index (Phi) is 5.03. The number of rotatable bonds is 5. The third-order valence-electron chi connectivity index (χ3n) is 4.47. The van der Waals surface area contributed by atoms with E-state index in [-0.39, 0.29) is 0 Å². The Morgan fingerprint density at radius 2 is 2.26 bits per heavy atom. The van der Waals surface area contributed by atoms with Crippen LogP contribution in [0.3, 0.4) is 0 Å². The van der Waals surface area contributed by atoms with Crippen LogP contribution in [0.5, 0.6) is 0 Å². The molecule has 1 N–H and O–H groups in total. The van der Waals surface area contributed by atoms with Crippen molar-refractivity contribution in [1.29, 1.82) is 0 Å². The van der Waals surface area contributed by atoms with Crippen molar-refractivity contribution in [3.8, 4) is 0 Å². The van der Waals surface area contributed by atoms with Crippen LogP contribution in [0.2, 0.25) is 0 Å². The van der Waals surface area contributed by atoms with E-state index < -0.39 is 10.0 Å². The summed E-state index contributed by atoms with van der Waals surface area (Å²) in [6.45, 7) is 7.57. The number of allylic oxidation sites excluding steroid dienone is 1. The van der Waals surface area contributed by atoms with Crippen LogP contribution in [-0.4, -0.2) is 44.7 Å². The Hall–Kier alpha value is -0.390. The van der Waals surface area contributed by atoms with Crippen molar-refractivity contribution < 1.29 is 8.42 Å². The molecule has 110 valence electrons. The molecule has 1 aliphatic carbocycles. The number of hydrogen-bond acceptors (Lipinski definition) is 3. The minimum atomic E-state index is -2.93. The highest BCUT2D eigenvalue weighted by molar-refractivity contribution is 7.89. The Morgan fingerprint density at radius 1 is 1.47 bits per heavy atom. The number of nitrogens with zero attached hydrogens (tertiary/aromatic N) is 1. The molecule has 0 saturated carbocycles. The predicted octanol–water partition coefficient (Wildman–Crippen LogP) is 1.60. The molecule has 19 heavy (non-hydrogen) atoms. The SMILES string of the molecule is CC1=CCC[C@H](C)[C@@H]1CNCCN1CCCS1(=O)=O. The van der Waals surface area contributed by atoms with Gasteiger partial charge >= 0.3 is 0 Å². The molecule has 0 bridgehead atoms. The first-order valence-electron chi connectivity index (χ1n) is 7.36. The van der Waals surface area contributed by atoms with Crippen molar-refractivity contribution in [2.24, 2.45) is 11.8 Å². The summed E-state index contributed by atoms with van der Waals surface area (Å²) in [4.78, 5) is 0. The Bertz CT molecular complexity index is 431. The van der Waals surface area contributed by atoms with E-state index in [1.54, 1.807) is 4.31 Å². The van der Waals surface area contributed by atoms with Gasteiger partial charge in [0.15, 0.2) is 0 Å². The normalized spacial score (nSPS) is 31.4. The van der Waals surface area contributed by atoms with Crippen LogP contribution in [0.1, 0.15) is 33.1 Å². The molecule has 1 aliphatic heterocycles. The van der Waals surface area contributed by atoms with Gasteiger partial charge in [0.25, 0.3) is 0 Å². The molecule has 0 unspecified atom stereocenters. The van der Waals surface area contributed by atoms with Crippen LogP contribution < -0.4 is 5.32 Å². The Labute approximate surface area is 117 Å². The lowest BCUT2D eigenvalue weighted by Crippen LogP contribution is -2.36. The van der Waals surface area contributed by atoms with Crippen LogP contribution in [0.25, 0.3) is 0 Å². The molecule has 5 heteroatoms. The molecule has 4 nitrogen and oxygen atoms in total. The largest absolute Gasteiger partial charge is 0.315 e. The summed E-state index contributed by atoms with van der Waals surface area (Å²) in [6, 6.07) is 0. The van der Waals surface area contributed by atoms with E-state index in [1.807, 2.05) is 0 Å². The molecule has 2 rings (SSSR count). The van der Waals surface area contributed by atoms with Crippen molar-refractivity contribution in [3.63, 3.8) is 0 Å². The van der Waals surface area contributed by atoms with Crippen LogP contribution in [-0.2, 0) is 10.0 Å². The fraction of sp³-hybridized carbons (Fsp3) is 0.857. The van der Waals surface area contributed by atoms with Gasteiger partial charge in [-0.1, -0.05) is 18.6 Å². The molecule has 0 aromatic rings. The summed E-state index contributed by atoms with van der Waals surface area (Å²) in [5.41, 5.74) is 1.49. The fourth-order valence-electron chi connectivity index (χ4n) is 3.14. The molecule has 1 heterocycles. The lowest BCUT2D eigenvalue weighted by atomic mass is 9.80. The molecule has 0 spiro atoms. The Balaban J connectivity index is 1.72. The lowest BCUT2D eigenvalue weighted by molar-refractivity contribution is 0.343. The highest BCUT2D eigenvalue weighted by Crippen LogP contribution is 2.29. The summed E-state index contributed by atoms with van der Waals surface area (Å²) < 4.78 is 24.9. The van der Waals surface area contributed by atoms with Gasteiger partial charge in [-0.05, 0) is 38.0 Å². The zero-order chi connectivity index (χ0) is 13.9. The molecule has 2 atom stereocenters. The monoisotopic (exact) mass is 286 g/mol. The number of hydrogen-bond donors (Lipinski definition) is 1. The minimum absolute atomic E-state index is 0.328. The second-order valence-electron chi connectivity index (χ2n) is 5.88. The highest BCUT2D eigenvalue weighted by Gasteiger charge is 2.27. The second-order valence-corrected chi connectivity index (χ2v) is 7.97. The van der Waals surface area contributed by atoms with Gasteiger partial charge in [0, 0.05) is 26.2 Å². The summed E-state index contributed by atoms with van der Waals surface area (Å²) in [6.07, 6.45) is 5.60. The summed E-state index contributed by atoms with van der Waals surface area (Å²) in [5.74, 6) is 1.67. The van der Waals surface area contributed by atoms with Gasteiger partial charge in [0.1, 0.15) is 0 Å². The van der Waals surface area contributed by atoms with E-state index in [1.165, 1.54) is 18.4 Å². The van der Waals surface area contributed by atoms with Gasteiger partial charge < -0.3 is 5.32 Å². The molecule has 0 radical (unpaired) electrons. The molecule has 0 amide bonds. The predicted molar refractivity (Wildman–Crippen MR) is 78.5 cm³/mol. The van der Waals surface area contributed by atoms with Crippen molar-refractivity contribution in [1.82, 2.24) is 9.62 Å². The van der Waals surface area contributed by atoms with E-state index in [0.717, 1.165) is 25.4 Å². The topological polar surface area (TPSA) is 49.4 Å². The van der Waals surface area contributed by atoms with Crippen LogP contribution in [0.15, 0.2) is 11.6 Å². The van der Waals surface area contributed by atoms with Crippen molar-refractivity contribution >= 4 is 10.0 Å². The van der Waals surface area contributed by atoms with Gasteiger partial charge in [0.2, 0.25) is 10.0 Å². The quantitative estimate of drug-likeness (QED) is 0.617. The van der Waals surface area contributed by atoms with Crippen LogP contribution in [0.4, 0.5) is 0 Å². The van der Waals surface area contributed by atoms with Crippen LogP contribution >= 0.6 is 0 Å². The number of nitrogens with one attached hydrogen (secondary N) is 1. The molecule has 0 aromatic carbocycles. The molecular weight excluding hydrogens is 260 g/mol. The molecule has 1 saturated heterocycles. The van der Waals surface area contributed by atoms with E-state index in [0.29, 0.717) is 24.8 Å². The maximum atomic E-state index is 11.7. The average molecular weight is 286 g/mol. The smallest absolute Gasteiger partial charge is 0.214 e. The first kappa shape index (κ1) is 15.0. The maximum Gasteiger partial charge on any atom is 0.214 e. The van der Waals surface area contributed by atoms with Gasteiger partial charge in [-0.2, -0.15) is 0 Å². The maximum absolute atomic E-state index is 11.7. The summed E-state index contributed by atoms with van der Waals surface area (Å²) >= 11 is 0. The van der Waals surface area contributed by atoms with Gasteiger partial charge in [0.05, 0.1) is 5.75 Å². The first-order valence-corrected chi connectivity index (χ1v) is 8.97. The standard InChI is InChI=1S/C14H26N2O2S/c1-12-5-3-6-13(2)14(12)11-15-7-9-16-8-4-10-19(16,17)18/h5,13-15H,3-4,6-11H2,1-2H3/t13-,14+/m0/s1. The molecule has 2 aliphatic rings. The van der Waals surface area contributed by atoms with Crippen molar-refractivity contribution in [2.75, 3.05) is 31.9 Å². The first-order chi connectivity index (χ1) is 9.00. The third kappa shape index (κ3) is 3.80. The van der Waals surface area contributed by atoms with Gasteiger partial charge in [-0.15, -0.1) is 0 Å². The van der Waals surface area contributed by atoms with E-state index in [4.69, 9.17) is 0 Å².